The molecule has 5 heteroatoms. The van der Waals surface area contributed by atoms with Crippen LogP contribution in [-0.2, 0) is 4.74 Å². The van der Waals surface area contributed by atoms with E-state index in [0.717, 1.165) is 26.1 Å². The fraction of sp³-hybridized carbons (Fsp3) is 0.632. The van der Waals surface area contributed by atoms with Crippen molar-refractivity contribution in [1.82, 2.24) is 4.90 Å². The molecule has 0 N–H and O–H groups in total. The standard InChI is InChI=1S/C19H26N2O2S/c1-19(2,3)23-18(22)20-10-8-15-14(12-20)13-6-4-7-16-17(13)21(15)9-5-11-24-16/h4,6-7,14-15H,5,8-12H2,1-3H3/t14-,15-/m0/s1. The lowest BCUT2D eigenvalue weighted by atomic mass is 9.89. The van der Waals surface area contributed by atoms with E-state index in [9.17, 15) is 4.79 Å². The molecule has 0 spiro atoms. The summed E-state index contributed by atoms with van der Waals surface area (Å²) in [4.78, 5) is 18.4. The number of carbonyl (C=O) groups excluding carboxylic acids is 1. The highest BCUT2D eigenvalue weighted by atomic mass is 32.2. The molecule has 0 saturated carbocycles. The summed E-state index contributed by atoms with van der Waals surface area (Å²) in [6.07, 6.45) is 2.10. The van der Waals surface area contributed by atoms with Crippen molar-refractivity contribution >= 4 is 23.5 Å². The average molecular weight is 346 g/mol. The summed E-state index contributed by atoms with van der Waals surface area (Å²) in [5.41, 5.74) is 2.44. The number of nitrogens with zero attached hydrogens (tertiary/aromatic N) is 2. The third-order valence-corrected chi connectivity index (χ3v) is 6.28. The first-order chi connectivity index (χ1) is 11.4. The molecule has 4 nitrogen and oxygen atoms in total. The Morgan fingerprint density at radius 1 is 1.29 bits per heavy atom. The van der Waals surface area contributed by atoms with Gasteiger partial charge < -0.3 is 14.5 Å². The van der Waals surface area contributed by atoms with Gasteiger partial charge in [-0.1, -0.05) is 12.1 Å². The highest BCUT2D eigenvalue weighted by Crippen LogP contribution is 2.50. The lowest BCUT2D eigenvalue weighted by Gasteiger charge is -2.39. The minimum absolute atomic E-state index is 0.168. The number of para-hydroxylation sites is 1. The minimum Gasteiger partial charge on any atom is -0.444 e. The fourth-order valence-corrected chi connectivity index (χ4v) is 5.27. The molecule has 3 heterocycles. The Kier molecular flexibility index (Phi) is 3.94. The maximum Gasteiger partial charge on any atom is 0.410 e. The van der Waals surface area contributed by atoms with E-state index >= 15 is 0 Å². The third kappa shape index (κ3) is 2.77. The highest BCUT2D eigenvalue weighted by molar-refractivity contribution is 7.99. The van der Waals surface area contributed by atoms with Crippen molar-refractivity contribution in [3.63, 3.8) is 0 Å². The van der Waals surface area contributed by atoms with Gasteiger partial charge in [-0.05, 0) is 51.0 Å². The molecule has 2 atom stereocenters. The molecule has 130 valence electrons. The van der Waals surface area contributed by atoms with Crippen molar-refractivity contribution in [2.75, 3.05) is 30.3 Å². The van der Waals surface area contributed by atoms with E-state index in [1.54, 1.807) is 0 Å². The monoisotopic (exact) mass is 346 g/mol. The van der Waals surface area contributed by atoms with Crippen LogP contribution in [0.3, 0.4) is 0 Å². The number of piperidine rings is 1. The molecule has 3 aliphatic rings. The van der Waals surface area contributed by atoms with Crippen molar-refractivity contribution < 1.29 is 9.53 Å². The summed E-state index contributed by atoms with van der Waals surface area (Å²) < 4.78 is 5.59. The second-order valence-electron chi connectivity index (χ2n) is 7.98. The van der Waals surface area contributed by atoms with Gasteiger partial charge in [0.25, 0.3) is 0 Å². The molecule has 1 fully saturated rings. The number of thioether (sulfide) groups is 1. The Balaban J connectivity index is 1.60. The van der Waals surface area contributed by atoms with E-state index in [-0.39, 0.29) is 6.09 Å². The first-order valence-corrected chi connectivity index (χ1v) is 9.93. The number of hydrogen-bond donors (Lipinski definition) is 0. The summed E-state index contributed by atoms with van der Waals surface area (Å²) in [5.74, 6) is 1.62. The number of benzene rings is 1. The zero-order valence-corrected chi connectivity index (χ0v) is 15.6. The molecular weight excluding hydrogens is 320 g/mol. The molecule has 0 radical (unpaired) electrons. The van der Waals surface area contributed by atoms with Gasteiger partial charge in [0.15, 0.2) is 0 Å². The topological polar surface area (TPSA) is 32.8 Å². The lowest BCUT2D eigenvalue weighted by molar-refractivity contribution is 0.0189. The number of ether oxygens (including phenoxy) is 1. The number of hydrogen-bond acceptors (Lipinski definition) is 4. The average Bonchev–Trinajstić information content (AvgIpc) is 2.69. The van der Waals surface area contributed by atoms with Crippen molar-refractivity contribution in [2.45, 2.75) is 56.1 Å². The smallest absolute Gasteiger partial charge is 0.410 e. The van der Waals surface area contributed by atoms with Gasteiger partial charge in [0.1, 0.15) is 5.60 Å². The molecular formula is C19H26N2O2S. The third-order valence-electron chi connectivity index (χ3n) is 5.15. The molecule has 4 rings (SSSR count). The molecule has 1 aromatic rings. The van der Waals surface area contributed by atoms with E-state index in [4.69, 9.17) is 4.74 Å². The molecule has 1 amide bonds. The van der Waals surface area contributed by atoms with Crippen LogP contribution in [0.2, 0.25) is 0 Å². The Morgan fingerprint density at radius 2 is 2.12 bits per heavy atom. The molecule has 0 aliphatic carbocycles. The van der Waals surface area contributed by atoms with E-state index < -0.39 is 5.60 Å². The molecule has 24 heavy (non-hydrogen) atoms. The number of amides is 1. The maximum atomic E-state index is 12.5. The zero-order valence-electron chi connectivity index (χ0n) is 14.7. The van der Waals surface area contributed by atoms with Crippen LogP contribution in [0.4, 0.5) is 10.5 Å². The van der Waals surface area contributed by atoms with E-state index in [1.165, 1.54) is 28.3 Å². The molecule has 0 unspecified atom stereocenters. The van der Waals surface area contributed by atoms with Gasteiger partial charge in [-0.3, -0.25) is 0 Å². The normalized spacial score (nSPS) is 25.8. The van der Waals surface area contributed by atoms with Gasteiger partial charge in [0.2, 0.25) is 0 Å². The quantitative estimate of drug-likeness (QED) is 0.708. The Hall–Kier alpha value is -1.36. The maximum absolute atomic E-state index is 12.5. The first-order valence-electron chi connectivity index (χ1n) is 8.94. The Morgan fingerprint density at radius 3 is 2.92 bits per heavy atom. The summed E-state index contributed by atoms with van der Waals surface area (Å²) in [6.45, 7) is 8.50. The SMILES string of the molecule is CC(C)(C)OC(=O)N1CC[C@H]2[C@@H](C1)c1cccc3c1N2CCCS3. The van der Waals surface area contributed by atoms with Gasteiger partial charge in [-0.25, -0.2) is 4.79 Å². The summed E-state index contributed by atoms with van der Waals surface area (Å²) in [7, 11) is 0. The van der Waals surface area contributed by atoms with Crippen LogP contribution in [0, 0.1) is 0 Å². The molecule has 0 bridgehead atoms. The van der Waals surface area contributed by atoms with Crippen LogP contribution in [-0.4, -0.2) is 48.0 Å². The van der Waals surface area contributed by atoms with Crippen LogP contribution in [0.1, 0.15) is 45.1 Å². The number of anilines is 1. The van der Waals surface area contributed by atoms with Crippen LogP contribution >= 0.6 is 11.8 Å². The summed E-state index contributed by atoms with van der Waals surface area (Å²) in [6, 6.07) is 7.24. The van der Waals surface area contributed by atoms with Crippen LogP contribution < -0.4 is 4.90 Å². The Bertz CT molecular complexity index is 655. The highest BCUT2D eigenvalue weighted by Gasteiger charge is 2.44. The molecule has 1 saturated heterocycles. The number of carbonyl (C=O) groups is 1. The van der Waals surface area contributed by atoms with Gasteiger partial charge in [0, 0.05) is 36.5 Å². The van der Waals surface area contributed by atoms with E-state index in [0.29, 0.717) is 12.0 Å². The van der Waals surface area contributed by atoms with Gasteiger partial charge in [0.05, 0.1) is 5.69 Å². The molecule has 1 aromatic carbocycles. The van der Waals surface area contributed by atoms with Gasteiger partial charge >= 0.3 is 6.09 Å². The van der Waals surface area contributed by atoms with E-state index in [1.807, 2.05) is 37.4 Å². The molecule has 0 aromatic heterocycles. The second kappa shape index (κ2) is 5.87. The van der Waals surface area contributed by atoms with Crippen molar-refractivity contribution in [1.29, 1.82) is 0 Å². The molecule has 3 aliphatic heterocycles. The number of fused-ring (bicyclic) bond motifs is 3. The van der Waals surface area contributed by atoms with Gasteiger partial charge in [-0.15, -0.1) is 11.8 Å². The summed E-state index contributed by atoms with van der Waals surface area (Å²) in [5, 5.41) is 0. The largest absolute Gasteiger partial charge is 0.444 e. The first kappa shape index (κ1) is 16.1. The Labute approximate surface area is 148 Å². The summed E-state index contributed by atoms with van der Waals surface area (Å²) >= 11 is 1.98. The van der Waals surface area contributed by atoms with Crippen LogP contribution in [0.15, 0.2) is 23.1 Å². The second-order valence-corrected chi connectivity index (χ2v) is 9.12. The number of likely N-dealkylation sites (tertiary alicyclic amines) is 1. The predicted octanol–water partition coefficient (Wildman–Crippen LogP) is 4.10. The van der Waals surface area contributed by atoms with Crippen LogP contribution in [0.5, 0.6) is 0 Å². The van der Waals surface area contributed by atoms with Crippen molar-refractivity contribution in [2.24, 2.45) is 0 Å². The fourth-order valence-electron chi connectivity index (χ4n) is 4.23. The van der Waals surface area contributed by atoms with E-state index in [2.05, 4.69) is 23.1 Å². The van der Waals surface area contributed by atoms with Crippen LogP contribution in [0.25, 0.3) is 0 Å². The van der Waals surface area contributed by atoms with Crippen molar-refractivity contribution in [3.8, 4) is 0 Å². The lowest BCUT2D eigenvalue weighted by Crippen LogP contribution is -2.49. The number of rotatable bonds is 0. The van der Waals surface area contributed by atoms with Gasteiger partial charge in [-0.2, -0.15) is 0 Å². The van der Waals surface area contributed by atoms with Crippen molar-refractivity contribution in [3.05, 3.63) is 23.8 Å². The predicted molar refractivity (Wildman–Crippen MR) is 98.1 cm³/mol. The minimum atomic E-state index is -0.432. The zero-order chi connectivity index (χ0) is 16.9.